The molecule has 2 N–H and O–H groups in total. The lowest BCUT2D eigenvalue weighted by Gasteiger charge is -2.26. The third kappa shape index (κ3) is 4.21. The van der Waals surface area contributed by atoms with Crippen LogP contribution in [-0.2, 0) is 10.3 Å². The first kappa shape index (κ1) is 16.3. The number of nitrogens with zero attached hydrogens (tertiary/aromatic N) is 1. The Morgan fingerprint density at radius 2 is 1.87 bits per heavy atom. The molecule has 0 radical (unpaired) electrons. The van der Waals surface area contributed by atoms with E-state index in [1.807, 2.05) is 50.2 Å². The monoisotopic (exact) mass is 306 g/mol. The minimum Gasteiger partial charge on any atom is -0.508 e. The molecular formula is C19H18N2O2. The number of phenols is 1. The van der Waals surface area contributed by atoms with E-state index in [4.69, 9.17) is 0 Å². The molecule has 0 aliphatic carbocycles. The number of carbonyl (C=O) groups is 1. The summed E-state index contributed by atoms with van der Waals surface area (Å²) < 4.78 is 0. The molecule has 2 aromatic rings. The van der Waals surface area contributed by atoms with Crippen molar-refractivity contribution in [2.75, 3.05) is 0 Å². The van der Waals surface area contributed by atoms with Crippen LogP contribution < -0.4 is 5.32 Å². The Labute approximate surface area is 135 Å². The molecule has 0 bridgehead atoms. The van der Waals surface area contributed by atoms with Gasteiger partial charge in [-0.3, -0.25) is 4.79 Å². The largest absolute Gasteiger partial charge is 0.508 e. The fraction of sp³-hybridized carbons (Fsp3) is 0.158. The van der Waals surface area contributed by atoms with Gasteiger partial charge < -0.3 is 10.4 Å². The first-order valence-electron chi connectivity index (χ1n) is 7.21. The fourth-order valence-corrected chi connectivity index (χ4v) is 2.21. The van der Waals surface area contributed by atoms with Gasteiger partial charge in [-0.1, -0.05) is 42.5 Å². The van der Waals surface area contributed by atoms with E-state index in [1.54, 1.807) is 12.1 Å². The zero-order valence-electron chi connectivity index (χ0n) is 13.1. The lowest BCUT2D eigenvalue weighted by atomic mass is 9.94. The number of rotatable bonds is 4. The number of nitriles is 1. The maximum absolute atomic E-state index is 12.4. The summed E-state index contributed by atoms with van der Waals surface area (Å²) in [7, 11) is 0. The van der Waals surface area contributed by atoms with Gasteiger partial charge in [0.15, 0.2) is 0 Å². The summed E-state index contributed by atoms with van der Waals surface area (Å²) in [6.45, 7) is 3.76. The molecule has 23 heavy (non-hydrogen) atoms. The van der Waals surface area contributed by atoms with Crippen LogP contribution in [0.15, 0.2) is 60.2 Å². The van der Waals surface area contributed by atoms with E-state index in [-0.39, 0.29) is 11.3 Å². The van der Waals surface area contributed by atoms with E-state index in [2.05, 4.69) is 5.32 Å². The number of hydrogen-bond donors (Lipinski definition) is 2. The molecular weight excluding hydrogens is 288 g/mol. The van der Waals surface area contributed by atoms with E-state index in [0.29, 0.717) is 5.56 Å². The average molecular weight is 306 g/mol. The summed E-state index contributed by atoms with van der Waals surface area (Å²) in [6.07, 6.45) is 1.45. The van der Waals surface area contributed by atoms with Gasteiger partial charge in [-0.25, -0.2) is 0 Å². The second kappa shape index (κ2) is 6.80. The predicted molar refractivity (Wildman–Crippen MR) is 89.3 cm³/mol. The Kier molecular flexibility index (Phi) is 4.82. The van der Waals surface area contributed by atoms with Gasteiger partial charge in [0.25, 0.3) is 5.91 Å². The van der Waals surface area contributed by atoms with Crippen LogP contribution in [0.5, 0.6) is 5.75 Å². The van der Waals surface area contributed by atoms with E-state index >= 15 is 0 Å². The molecule has 0 heterocycles. The van der Waals surface area contributed by atoms with E-state index in [9.17, 15) is 15.2 Å². The summed E-state index contributed by atoms with van der Waals surface area (Å²) in [5, 5.41) is 21.6. The van der Waals surface area contributed by atoms with Crippen LogP contribution in [0.2, 0.25) is 0 Å². The zero-order valence-corrected chi connectivity index (χ0v) is 13.1. The van der Waals surface area contributed by atoms with Gasteiger partial charge in [-0.05, 0) is 43.2 Å². The Bertz CT molecular complexity index is 771. The third-order valence-corrected chi connectivity index (χ3v) is 3.47. The second-order valence-corrected chi connectivity index (χ2v) is 5.71. The molecule has 1 amide bonds. The number of nitrogens with one attached hydrogen (secondary N) is 1. The topological polar surface area (TPSA) is 73.1 Å². The van der Waals surface area contributed by atoms with Gasteiger partial charge in [-0.15, -0.1) is 0 Å². The lowest BCUT2D eigenvalue weighted by molar-refractivity contribution is -0.118. The summed E-state index contributed by atoms with van der Waals surface area (Å²) >= 11 is 0. The highest BCUT2D eigenvalue weighted by atomic mass is 16.3. The van der Waals surface area contributed by atoms with Crippen LogP contribution in [0.1, 0.15) is 25.0 Å². The molecule has 0 atom stereocenters. The van der Waals surface area contributed by atoms with Gasteiger partial charge in [0.2, 0.25) is 0 Å². The quantitative estimate of drug-likeness (QED) is 0.672. The van der Waals surface area contributed by atoms with Crippen molar-refractivity contribution in [3.8, 4) is 11.8 Å². The summed E-state index contributed by atoms with van der Waals surface area (Å²) in [6, 6.07) is 17.9. The summed E-state index contributed by atoms with van der Waals surface area (Å²) in [5.41, 5.74) is 0.921. The molecule has 0 saturated heterocycles. The van der Waals surface area contributed by atoms with Crippen molar-refractivity contribution in [2.24, 2.45) is 0 Å². The molecule has 0 aromatic heterocycles. The van der Waals surface area contributed by atoms with Crippen molar-refractivity contribution in [1.82, 2.24) is 5.32 Å². The number of phenolic OH excluding ortho intramolecular Hbond substituents is 1. The van der Waals surface area contributed by atoms with Crippen molar-refractivity contribution in [2.45, 2.75) is 19.4 Å². The van der Waals surface area contributed by atoms with Crippen LogP contribution in [-0.4, -0.2) is 11.0 Å². The van der Waals surface area contributed by atoms with Gasteiger partial charge >= 0.3 is 0 Å². The van der Waals surface area contributed by atoms with Crippen LogP contribution in [0.4, 0.5) is 0 Å². The standard InChI is InChI=1S/C19H18N2O2/c1-19(2,16-8-4-3-5-9-16)21-18(23)15(13-20)11-14-7-6-10-17(22)12-14/h3-12,22H,1-2H3,(H,21,23)/b15-11+. The molecule has 0 aliphatic rings. The lowest BCUT2D eigenvalue weighted by Crippen LogP contribution is -2.41. The normalized spacial score (nSPS) is 11.6. The number of amides is 1. The van der Waals surface area contributed by atoms with Crippen LogP contribution >= 0.6 is 0 Å². The highest BCUT2D eigenvalue weighted by Gasteiger charge is 2.24. The van der Waals surface area contributed by atoms with Crippen molar-refractivity contribution in [1.29, 1.82) is 5.26 Å². The first-order chi connectivity index (χ1) is 10.9. The summed E-state index contributed by atoms with van der Waals surface area (Å²) in [4.78, 5) is 12.4. The molecule has 0 aliphatic heterocycles. The van der Waals surface area contributed by atoms with E-state index < -0.39 is 11.4 Å². The minimum atomic E-state index is -0.604. The van der Waals surface area contributed by atoms with Gasteiger partial charge in [-0.2, -0.15) is 5.26 Å². The Morgan fingerprint density at radius 1 is 1.17 bits per heavy atom. The smallest absolute Gasteiger partial charge is 0.262 e. The zero-order chi connectivity index (χ0) is 16.9. The number of benzene rings is 2. The maximum atomic E-state index is 12.4. The number of aromatic hydroxyl groups is 1. The Morgan fingerprint density at radius 3 is 2.48 bits per heavy atom. The molecule has 116 valence electrons. The van der Waals surface area contributed by atoms with Crippen molar-refractivity contribution in [3.63, 3.8) is 0 Å². The molecule has 0 fully saturated rings. The molecule has 4 nitrogen and oxygen atoms in total. The fourth-order valence-electron chi connectivity index (χ4n) is 2.21. The van der Waals surface area contributed by atoms with Crippen molar-refractivity contribution >= 4 is 12.0 Å². The average Bonchev–Trinajstić information content (AvgIpc) is 2.53. The van der Waals surface area contributed by atoms with Crippen molar-refractivity contribution in [3.05, 3.63) is 71.3 Å². The highest BCUT2D eigenvalue weighted by Crippen LogP contribution is 2.20. The van der Waals surface area contributed by atoms with E-state index in [0.717, 1.165) is 5.56 Å². The van der Waals surface area contributed by atoms with Crippen LogP contribution in [0, 0.1) is 11.3 Å². The predicted octanol–water partition coefficient (Wildman–Crippen LogP) is 3.35. The second-order valence-electron chi connectivity index (χ2n) is 5.71. The summed E-state index contributed by atoms with van der Waals surface area (Å²) in [5.74, 6) is -0.370. The third-order valence-electron chi connectivity index (χ3n) is 3.47. The van der Waals surface area contributed by atoms with Crippen molar-refractivity contribution < 1.29 is 9.90 Å². The molecule has 0 saturated carbocycles. The first-order valence-corrected chi connectivity index (χ1v) is 7.21. The molecule has 0 unspecified atom stereocenters. The molecule has 0 spiro atoms. The van der Waals surface area contributed by atoms with Gasteiger partial charge in [0.1, 0.15) is 17.4 Å². The Hall–Kier alpha value is -3.06. The Balaban J connectivity index is 2.23. The molecule has 4 heteroatoms. The van der Waals surface area contributed by atoms with Crippen LogP contribution in [0.25, 0.3) is 6.08 Å². The number of hydrogen-bond acceptors (Lipinski definition) is 3. The molecule has 2 aromatic carbocycles. The maximum Gasteiger partial charge on any atom is 0.262 e. The minimum absolute atomic E-state index is 0.0143. The number of carbonyl (C=O) groups excluding carboxylic acids is 1. The van der Waals surface area contributed by atoms with Crippen LogP contribution in [0.3, 0.4) is 0 Å². The molecule has 2 rings (SSSR count). The van der Waals surface area contributed by atoms with Gasteiger partial charge in [0.05, 0.1) is 5.54 Å². The van der Waals surface area contributed by atoms with Gasteiger partial charge in [0, 0.05) is 0 Å². The van der Waals surface area contributed by atoms with E-state index in [1.165, 1.54) is 18.2 Å². The highest BCUT2D eigenvalue weighted by molar-refractivity contribution is 6.02. The SMILES string of the molecule is CC(C)(NC(=O)/C(C#N)=C/c1cccc(O)c1)c1ccccc1.